The van der Waals surface area contributed by atoms with Gasteiger partial charge in [-0.05, 0) is 20.8 Å². The quantitative estimate of drug-likeness (QED) is 0.694. The van der Waals surface area contributed by atoms with E-state index in [1.54, 1.807) is 6.92 Å². The highest BCUT2D eigenvalue weighted by Crippen LogP contribution is 2.10. The van der Waals surface area contributed by atoms with E-state index in [0.29, 0.717) is 12.6 Å². The summed E-state index contributed by atoms with van der Waals surface area (Å²) < 4.78 is 18.8. The van der Waals surface area contributed by atoms with Gasteiger partial charge in [0.1, 0.15) is 5.67 Å². The fourth-order valence-electron chi connectivity index (χ4n) is 0.808. The van der Waals surface area contributed by atoms with Crippen LogP contribution >= 0.6 is 0 Å². The summed E-state index contributed by atoms with van der Waals surface area (Å²) in [6.45, 7) is 9.88. The van der Waals surface area contributed by atoms with E-state index in [9.17, 15) is 4.39 Å². The van der Waals surface area contributed by atoms with Crippen molar-refractivity contribution in [2.24, 2.45) is 0 Å². The Kier molecular flexibility index (Phi) is 5.49. The first-order chi connectivity index (χ1) is 5.83. The molecule has 80 valence electrons. The number of rotatable bonds is 6. The minimum atomic E-state index is -1.27. The Hall–Kier alpha value is -0.150. The van der Waals surface area contributed by atoms with Gasteiger partial charge in [-0.25, -0.2) is 4.39 Å². The van der Waals surface area contributed by atoms with Crippen LogP contribution < -0.4 is 5.32 Å². The Bertz CT molecular complexity index is 121. The molecule has 13 heavy (non-hydrogen) atoms. The monoisotopic (exact) mass is 191 g/mol. The van der Waals surface area contributed by atoms with Crippen LogP contribution in [0.2, 0.25) is 0 Å². The lowest BCUT2D eigenvalue weighted by molar-refractivity contribution is -0.00537. The van der Waals surface area contributed by atoms with E-state index < -0.39 is 5.67 Å². The molecule has 0 aliphatic heterocycles. The largest absolute Gasteiger partial charge is 0.375 e. The highest BCUT2D eigenvalue weighted by Gasteiger charge is 2.23. The Morgan fingerprint density at radius 1 is 1.31 bits per heavy atom. The lowest BCUT2D eigenvalue weighted by atomic mass is 10.1. The molecule has 0 fully saturated rings. The summed E-state index contributed by atoms with van der Waals surface area (Å²) in [6, 6.07) is 0.314. The van der Waals surface area contributed by atoms with Crippen molar-refractivity contribution in [1.29, 1.82) is 0 Å². The molecule has 0 heterocycles. The molecular weight excluding hydrogens is 169 g/mol. The topological polar surface area (TPSA) is 21.3 Å². The summed E-state index contributed by atoms with van der Waals surface area (Å²) >= 11 is 0. The molecule has 0 radical (unpaired) electrons. The van der Waals surface area contributed by atoms with E-state index in [2.05, 4.69) is 5.32 Å². The van der Waals surface area contributed by atoms with Gasteiger partial charge in [0.2, 0.25) is 0 Å². The third kappa shape index (κ3) is 8.19. The molecule has 0 rings (SSSR count). The number of ether oxygens (including phenoxy) is 1. The predicted molar refractivity (Wildman–Crippen MR) is 53.7 cm³/mol. The van der Waals surface area contributed by atoms with Crippen molar-refractivity contribution in [2.75, 3.05) is 13.2 Å². The van der Waals surface area contributed by atoms with E-state index in [-0.39, 0.29) is 12.7 Å². The van der Waals surface area contributed by atoms with Gasteiger partial charge < -0.3 is 10.1 Å². The molecule has 0 spiro atoms. The fraction of sp³-hybridized carbons (Fsp3) is 1.00. The molecule has 0 saturated heterocycles. The molecular formula is C10H22FNO. The van der Waals surface area contributed by atoms with Gasteiger partial charge in [-0.3, -0.25) is 0 Å². The van der Waals surface area contributed by atoms with Crippen molar-refractivity contribution in [2.45, 2.75) is 52.4 Å². The summed E-state index contributed by atoms with van der Waals surface area (Å²) in [4.78, 5) is 0. The summed E-state index contributed by atoms with van der Waals surface area (Å²) in [5.41, 5.74) is -1.27. The van der Waals surface area contributed by atoms with E-state index >= 15 is 0 Å². The second-order valence-corrected chi connectivity index (χ2v) is 4.31. The highest BCUT2D eigenvalue weighted by molar-refractivity contribution is 4.76. The van der Waals surface area contributed by atoms with Crippen LogP contribution in [-0.2, 0) is 4.74 Å². The second kappa shape index (κ2) is 5.55. The number of halogens is 1. The molecule has 0 aromatic rings. The molecule has 0 amide bonds. The predicted octanol–water partition coefficient (Wildman–Crippen LogP) is 2.14. The molecule has 0 aromatic heterocycles. The normalized spacial score (nSPS) is 16.6. The SMILES string of the molecule is CC(C)NCC(C)(F)COC(C)C. The third-order valence-electron chi connectivity index (χ3n) is 1.60. The van der Waals surface area contributed by atoms with Gasteiger partial charge in [0.05, 0.1) is 12.7 Å². The maximum absolute atomic E-state index is 13.6. The lowest BCUT2D eigenvalue weighted by Gasteiger charge is -2.23. The standard InChI is InChI=1S/C10H22FNO/c1-8(2)12-6-10(5,11)7-13-9(3)4/h8-9,12H,6-7H2,1-5H3. The van der Waals surface area contributed by atoms with E-state index in [0.717, 1.165) is 0 Å². The Morgan fingerprint density at radius 2 is 1.85 bits per heavy atom. The summed E-state index contributed by atoms with van der Waals surface area (Å²) in [7, 11) is 0. The van der Waals surface area contributed by atoms with Gasteiger partial charge in [0.15, 0.2) is 0 Å². The molecule has 0 aliphatic rings. The van der Waals surface area contributed by atoms with E-state index in [1.165, 1.54) is 0 Å². The van der Waals surface area contributed by atoms with Crippen molar-refractivity contribution < 1.29 is 9.13 Å². The van der Waals surface area contributed by atoms with Crippen LogP contribution in [0.15, 0.2) is 0 Å². The van der Waals surface area contributed by atoms with Crippen LogP contribution in [-0.4, -0.2) is 31.0 Å². The van der Waals surface area contributed by atoms with Gasteiger partial charge >= 0.3 is 0 Å². The maximum Gasteiger partial charge on any atom is 0.143 e. The summed E-state index contributed by atoms with van der Waals surface area (Å²) in [5, 5.41) is 3.05. The molecule has 3 heteroatoms. The first kappa shape index (κ1) is 12.8. The number of nitrogens with one attached hydrogen (secondary N) is 1. The Morgan fingerprint density at radius 3 is 2.23 bits per heavy atom. The Labute approximate surface area is 80.9 Å². The van der Waals surface area contributed by atoms with Crippen molar-refractivity contribution in [3.05, 3.63) is 0 Å². The van der Waals surface area contributed by atoms with Gasteiger partial charge in [0.25, 0.3) is 0 Å². The molecule has 0 saturated carbocycles. The maximum atomic E-state index is 13.6. The van der Waals surface area contributed by atoms with E-state index in [4.69, 9.17) is 4.74 Å². The summed E-state index contributed by atoms with van der Waals surface area (Å²) in [6.07, 6.45) is 0.0918. The highest BCUT2D eigenvalue weighted by atomic mass is 19.1. The zero-order valence-corrected chi connectivity index (χ0v) is 9.36. The molecule has 2 nitrogen and oxygen atoms in total. The van der Waals surface area contributed by atoms with Crippen molar-refractivity contribution >= 4 is 0 Å². The minimum Gasteiger partial charge on any atom is -0.375 e. The van der Waals surface area contributed by atoms with Crippen molar-refractivity contribution in [3.63, 3.8) is 0 Å². The molecule has 1 atom stereocenters. The Balaban J connectivity index is 3.66. The first-order valence-corrected chi connectivity index (χ1v) is 4.87. The fourth-order valence-corrected chi connectivity index (χ4v) is 0.808. The average molecular weight is 191 g/mol. The molecule has 1 unspecified atom stereocenters. The van der Waals surface area contributed by atoms with Crippen LogP contribution in [0.3, 0.4) is 0 Å². The molecule has 0 bridgehead atoms. The molecule has 1 N–H and O–H groups in total. The smallest absolute Gasteiger partial charge is 0.143 e. The van der Waals surface area contributed by atoms with Gasteiger partial charge in [-0.15, -0.1) is 0 Å². The van der Waals surface area contributed by atoms with Crippen molar-refractivity contribution in [3.8, 4) is 0 Å². The number of hydrogen-bond acceptors (Lipinski definition) is 2. The zero-order valence-electron chi connectivity index (χ0n) is 9.36. The van der Waals surface area contributed by atoms with Gasteiger partial charge in [-0.2, -0.15) is 0 Å². The molecule has 0 aromatic carbocycles. The third-order valence-corrected chi connectivity index (χ3v) is 1.60. The number of hydrogen-bond donors (Lipinski definition) is 1. The van der Waals surface area contributed by atoms with Gasteiger partial charge in [0, 0.05) is 12.6 Å². The second-order valence-electron chi connectivity index (χ2n) is 4.31. The molecule has 0 aliphatic carbocycles. The van der Waals surface area contributed by atoms with E-state index in [1.807, 2.05) is 27.7 Å². The van der Waals surface area contributed by atoms with Crippen LogP contribution in [0, 0.1) is 0 Å². The van der Waals surface area contributed by atoms with Crippen LogP contribution in [0.1, 0.15) is 34.6 Å². The minimum absolute atomic E-state index is 0.0918. The summed E-state index contributed by atoms with van der Waals surface area (Å²) in [5.74, 6) is 0. The van der Waals surface area contributed by atoms with Crippen molar-refractivity contribution in [1.82, 2.24) is 5.32 Å². The van der Waals surface area contributed by atoms with Crippen LogP contribution in [0.4, 0.5) is 4.39 Å². The number of alkyl halides is 1. The first-order valence-electron chi connectivity index (χ1n) is 4.87. The average Bonchev–Trinajstić information content (AvgIpc) is 1.98. The zero-order chi connectivity index (χ0) is 10.5. The van der Waals surface area contributed by atoms with Gasteiger partial charge in [-0.1, -0.05) is 13.8 Å². The van der Waals surface area contributed by atoms with Crippen LogP contribution in [0.25, 0.3) is 0 Å². The van der Waals surface area contributed by atoms with Crippen LogP contribution in [0.5, 0.6) is 0 Å². The lowest BCUT2D eigenvalue weighted by Crippen LogP contribution is -2.41.